The number of nitrogens with zero attached hydrogens (tertiary/aromatic N) is 2. The van der Waals surface area contributed by atoms with Crippen LogP contribution in [0.5, 0.6) is 0 Å². The molecule has 0 radical (unpaired) electrons. The zero-order valence-corrected chi connectivity index (χ0v) is 13.8. The molecule has 1 aliphatic rings. The summed E-state index contributed by atoms with van der Waals surface area (Å²) in [5, 5.41) is 5.33. The first-order valence-corrected chi connectivity index (χ1v) is 8.94. The number of H-pyrrole nitrogens is 1. The Balaban J connectivity index is 1.53. The van der Waals surface area contributed by atoms with Crippen LogP contribution in [0.3, 0.4) is 0 Å². The van der Waals surface area contributed by atoms with Crippen LogP contribution in [0.4, 0.5) is 0 Å². The monoisotopic (exact) mass is 331 g/mol. The van der Waals surface area contributed by atoms with Crippen LogP contribution in [0, 0.1) is 0 Å². The van der Waals surface area contributed by atoms with Gasteiger partial charge in [-0.3, -0.25) is 4.90 Å². The van der Waals surface area contributed by atoms with E-state index in [0.717, 1.165) is 41.3 Å². The molecule has 3 aromatic rings. The third-order valence-electron chi connectivity index (χ3n) is 4.40. The summed E-state index contributed by atoms with van der Waals surface area (Å²) in [6, 6.07) is 8.23. The number of thiazole rings is 1. The molecule has 4 rings (SSSR count). The van der Waals surface area contributed by atoms with Crippen LogP contribution >= 0.6 is 22.9 Å². The van der Waals surface area contributed by atoms with Gasteiger partial charge in [-0.25, -0.2) is 4.98 Å². The summed E-state index contributed by atoms with van der Waals surface area (Å²) < 4.78 is 0. The number of para-hydroxylation sites is 1. The molecule has 0 saturated carbocycles. The quantitative estimate of drug-likeness (QED) is 0.757. The van der Waals surface area contributed by atoms with Crippen LogP contribution in [-0.4, -0.2) is 28.0 Å². The number of halogens is 1. The second-order valence-corrected chi connectivity index (χ2v) is 7.21. The molecule has 0 aliphatic carbocycles. The van der Waals surface area contributed by atoms with Crippen LogP contribution in [0.1, 0.15) is 29.5 Å². The van der Waals surface area contributed by atoms with E-state index in [2.05, 4.69) is 32.4 Å². The van der Waals surface area contributed by atoms with E-state index in [1.54, 1.807) is 11.3 Å². The lowest BCUT2D eigenvalue weighted by Crippen LogP contribution is -2.34. The minimum Gasteiger partial charge on any atom is -0.356 e. The minimum absolute atomic E-state index is 0.567. The molecule has 2 aromatic heterocycles. The van der Waals surface area contributed by atoms with E-state index in [-0.39, 0.29) is 0 Å². The van der Waals surface area contributed by atoms with Crippen molar-refractivity contribution in [2.45, 2.75) is 25.3 Å². The van der Waals surface area contributed by atoms with Crippen LogP contribution in [0.2, 0.25) is 5.02 Å². The fourth-order valence-electron chi connectivity index (χ4n) is 3.33. The summed E-state index contributed by atoms with van der Waals surface area (Å²) in [7, 11) is 0. The predicted octanol–water partition coefficient (Wildman–Crippen LogP) is 4.66. The average Bonchev–Trinajstić information content (AvgIpc) is 3.18. The van der Waals surface area contributed by atoms with Gasteiger partial charge in [-0.1, -0.05) is 29.8 Å². The van der Waals surface area contributed by atoms with Crippen molar-refractivity contribution in [3.8, 4) is 0 Å². The summed E-state index contributed by atoms with van der Waals surface area (Å²) in [5.74, 6) is 0.567. The first-order chi connectivity index (χ1) is 10.8. The molecule has 1 aliphatic heterocycles. The van der Waals surface area contributed by atoms with Gasteiger partial charge in [-0.2, -0.15) is 0 Å². The minimum atomic E-state index is 0.567. The summed E-state index contributed by atoms with van der Waals surface area (Å²) in [4.78, 5) is 10.5. The van der Waals surface area contributed by atoms with Gasteiger partial charge in [0.25, 0.3) is 0 Å². The number of rotatable bonds is 3. The molecule has 1 fully saturated rings. The Labute approximate surface area is 138 Å². The summed E-state index contributed by atoms with van der Waals surface area (Å²) >= 11 is 8.32. The lowest BCUT2D eigenvalue weighted by Gasteiger charge is -2.31. The van der Waals surface area contributed by atoms with Gasteiger partial charge in [0.1, 0.15) is 0 Å². The predicted molar refractivity (Wildman–Crippen MR) is 92.7 cm³/mol. The van der Waals surface area contributed by atoms with E-state index in [1.807, 2.05) is 18.3 Å². The maximum absolute atomic E-state index is 6.54. The maximum atomic E-state index is 6.54. The smallest absolute Gasteiger partial charge is 0.0968 e. The normalized spacial score (nSPS) is 19.8. The number of nitrogens with one attached hydrogen (secondary N) is 1. The topological polar surface area (TPSA) is 31.9 Å². The molecule has 5 heteroatoms. The van der Waals surface area contributed by atoms with Crippen molar-refractivity contribution in [2.24, 2.45) is 0 Å². The number of likely N-dealkylation sites (tertiary alicyclic amines) is 1. The van der Waals surface area contributed by atoms with Gasteiger partial charge >= 0.3 is 0 Å². The van der Waals surface area contributed by atoms with Crippen LogP contribution in [-0.2, 0) is 6.54 Å². The van der Waals surface area contributed by atoms with Crippen LogP contribution < -0.4 is 0 Å². The lowest BCUT2D eigenvalue weighted by atomic mass is 9.98. The van der Waals surface area contributed by atoms with Crippen LogP contribution in [0.15, 0.2) is 35.8 Å². The van der Waals surface area contributed by atoms with Crippen molar-refractivity contribution in [1.82, 2.24) is 14.9 Å². The zero-order valence-electron chi connectivity index (χ0n) is 12.3. The van der Waals surface area contributed by atoms with Crippen molar-refractivity contribution in [1.29, 1.82) is 0 Å². The third-order valence-corrected chi connectivity index (χ3v) is 5.77. The summed E-state index contributed by atoms with van der Waals surface area (Å²) in [6.07, 6.45) is 4.38. The highest BCUT2D eigenvalue weighted by Gasteiger charge is 2.24. The maximum Gasteiger partial charge on any atom is 0.0968 e. The second kappa shape index (κ2) is 6.03. The Morgan fingerprint density at radius 3 is 3.09 bits per heavy atom. The highest BCUT2D eigenvalue weighted by atomic mass is 35.5. The van der Waals surface area contributed by atoms with E-state index >= 15 is 0 Å². The Morgan fingerprint density at radius 2 is 2.27 bits per heavy atom. The number of piperidine rings is 1. The Kier molecular flexibility index (Phi) is 3.90. The summed E-state index contributed by atoms with van der Waals surface area (Å²) in [6.45, 7) is 3.09. The third kappa shape index (κ3) is 2.67. The van der Waals surface area contributed by atoms with Crippen molar-refractivity contribution < 1.29 is 0 Å². The number of benzene rings is 1. The van der Waals surface area contributed by atoms with Gasteiger partial charge in [0.2, 0.25) is 0 Å². The largest absolute Gasteiger partial charge is 0.356 e. The summed E-state index contributed by atoms with van der Waals surface area (Å²) in [5.41, 5.74) is 2.25. The number of fused-ring (bicyclic) bond motifs is 1. The van der Waals surface area contributed by atoms with Crippen LogP contribution in [0.25, 0.3) is 10.9 Å². The van der Waals surface area contributed by atoms with Gasteiger partial charge in [0, 0.05) is 47.2 Å². The SMILES string of the molecule is Clc1c(CN2CCCC(c3nccs3)C2)[nH]c2ccccc12. The van der Waals surface area contributed by atoms with Gasteiger partial charge in [0.05, 0.1) is 10.0 Å². The van der Waals surface area contributed by atoms with Gasteiger partial charge in [-0.15, -0.1) is 11.3 Å². The molecular formula is C17H18ClN3S. The van der Waals surface area contributed by atoms with Gasteiger partial charge in [-0.05, 0) is 25.5 Å². The molecule has 1 saturated heterocycles. The first-order valence-electron chi connectivity index (χ1n) is 7.68. The van der Waals surface area contributed by atoms with E-state index < -0.39 is 0 Å². The Bertz CT molecular complexity index is 765. The molecule has 3 heterocycles. The lowest BCUT2D eigenvalue weighted by molar-refractivity contribution is 0.198. The molecule has 0 spiro atoms. The molecule has 1 atom stereocenters. The highest BCUT2D eigenvalue weighted by molar-refractivity contribution is 7.09. The number of hydrogen-bond acceptors (Lipinski definition) is 3. The van der Waals surface area contributed by atoms with E-state index in [1.165, 1.54) is 17.8 Å². The van der Waals surface area contributed by atoms with E-state index in [4.69, 9.17) is 11.6 Å². The Morgan fingerprint density at radius 1 is 1.36 bits per heavy atom. The molecule has 114 valence electrons. The molecule has 1 aromatic carbocycles. The number of aromatic amines is 1. The number of hydrogen-bond donors (Lipinski definition) is 1. The standard InChI is InChI=1S/C17H18ClN3S/c18-16-13-5-1-2-6-14(13)20-15(16)11-21-8-3-4-12(10-21)17-19-7-9-22-17/h1-2,5-7,9,12,20H,3-4,8,10-11H2. The molecule has 1 N–H and O–H groups in total. The van der Waals surface area contributed by atoms with Gasteiger partial charge in [0.15, 0.2) is 0 Å². The van der Waals surface area contributed by atoms with E-state index in [9.17, 15) is 0 Å². The zero-order chi connectivity index (χ0) is 14.9. The fraction of sp³-hybridized carbons (Fsp3) is 0.353. The number of aromatic nitrogens is 2. The van der Waals surface area contributed by atoms with Crippen molar-refractivity contribution >= 4 is 33.8 Å². The van der Waals surface area contributed by atoms with Crippen molar-refractivity contribution in [3.05, 3.63) is 51.6 Å². The second-order valence-electron chi connectivity index (χ2n) is 5.91. The Hall–Kier alpha value is -1.36. The molecule has 3 nitrogen and oxygen atoms in total. The highest BCUT2D eigenvalue weighted by Crippen LogP contribution is 2.32. The molecule has 0 amide bonds. The van der Waals surface area contributed by atoms with Crippen molar-refractivity contribution in [3.63, 3.8) is 0 Å². The van der Waals surface area contributed by atoms with E-state index in [0.29, 0.717) is 5.92 Å². The molecule has 1 unspecified atom stereocenters. The average molecular weight is 332 g/mol. The molecular weight excluding hydrogens is 314 g/mol. The molecule has 22 heavy (non-hydrogen) atoms. The molecule has 0 bridgehead atoms. The van der Waals surface area contributed by atoms with Crippen molar-refractivity contribution in [2.75, 3.05) is 13.1 Å². The first kappa shape index (κ1) is 14.2. The fourth-order valence-corrected chi connectivity index (χ4v) is 4.37. The van der Waals surface area contributed by atoms with Gasteiger partial charge < -0.3 is 4.98 Å².